The van der Waals surface area contributed by atoms with E-state index < -0.39 is 24.5 Å². The number of carbonyl (C=O) groups excluding carboxylic acids is 1. The molecule has 5 N–H and O–H groups in total. The molecule has 0 unspecified atom stereocenters. The van der Waals surface area contributed by atoms with Gasteiger partial charge < -0.3 is 21.1 Å². The summed E-state index contributed by atoms with van der Waals surface area (Å²) in [6.45, 7) is -0.477. The zero-order valence-corrected chi connectivity index (χ0v) is 10.5. The number of benzene rings is 1. The molecule has 1 amide bonds. The van der Waals surface area contributed by atoms with Crippen LogP contribution < -0.4 is 11.1 Å². The highest BCUT2D eigenvalue weighted by Gasteiger charge is 2.16. The number of aromatic nitrogens is 1. The van der Waals surface area contributed by atoms with Crippen molar-refractivity contribution in [3.63, 3.8) is 0 Å². The van der Waals surface area contributed by atoms with Crippen molar-refractivity contribution in [1.82, 2.24) is 10.3 Å². The third kappa shape index (κ3) is 3.12. The van der Waals surface area contributed by atoms with E-state index in [-0.39, 0.29) is 12.2 Å². The molecule has 0 saturated carbocycles. The fourth-order valence-corrected chi connectivity index (χ4v) is 1.94. The Balaban J connectivity index is 2.09. The van der Waals surface area contributed by atoms with Crippen LogP contribution >= 0.6 is 0 Å². The van der Waals surface area contributed by atoms with E-state index in [2.05, 4.69) is 10.3 Å². The minimum atomic E-state index is -1.14. The van der Waals surface area contributed by atoms with E-state index in [1.54, 1.807) is 12.3 Å². The number of carbonyl (C=O) groups is 2. The van der Waals surface area contributed by atoms with Crippen LogP contribution in [0.5, 0.6) is 0 Å². The van der Waals surface area contributed by atoms with Crippen molar-refractivity contribution in [3.05, 3.63) is 35.8 Å². The van der Waals surface area contributed by atoms with Crippen LogP contribution in [0.25, 0.3) is 10.9 Å². The minimum Gasteiger partial charge on any atom is -0.480 e. The van der Waals surface area contributed by atoms with Gasteiger partial charge in [0.15, 0.2) is 0 Å². The molecule has 2 rings (SSSR count). The van der Waals surface area contributed by atoms with Crippen molar-refractivity contribution in [2.45, 2.75) is 12.5 Å². The number of halogens is 1. The van der Waals surface area contributed by atoms with E-state index in [4.69, 9.17) is 10.8 Å². The lowest BCUT2D eigenvalue weighted by Crippen LogP contribution is -2.43. The van der Waals surface area contributed by atoms with Crippen LogP contribution in [0.2, 0.25) is 0 Å². The number of nitrogens with two attached hydrogens (primary N) is 1. The molecule has 0 aliphatic carbocycles. The molecule has 0 bridgehead atoms. The van der Waals surface area contributed by atoms with Crippen LogP contribution in [0.1, 0.15) is 5.56 Å². The van der Waals surface area contributed by atoms with Crippen molar-refractivity contribution >= 4 is 22.8 Å². The Hall–Kier alpha value is -2.41. The van der Waals surface area contributed by atoms with E-state index in [9.17, 15) is 14.0 Å². The molecule has 2 aromatic rings. The van der Waals surface area contributed by atoms with Gasteiger partial charge in [0, 0.05) is 17.1 Å². The molecular formula is C13H14FN3O3. The molecule has 1 atom stereocenters. The Bertz CT molecular complexity index is 653. The Labute approximate surface area is 113 Å². The number of aliphatic carboxylic acids is 1. The molecule has 0 aliphatic rings. The number of amides is 1. The van der Waals surface area contributed by atoms with Crippen molar-refractivity contribution in [2.24, 2.45) is 5.73 Å². The van der Waals surface area contributed by atoms with Crippen LogP contribution in [0.3, 0.4) is 0 Å². The Morgan fingerprint density at radius 1 is 1.45 bits per heavy atom. The molecule has 1 aromatic heterocycles. The first-order valence-corrected chi connectivity index (χ1v) is 5.98. The van der Waals surface area contributed by atoms with Crippen molar-refractivity contribution < 1.29 is 19.1 Å². The lowest BCUT2D eigenvalue weighted by molar-refractivity contribution is -0.138. The van der Waals surface area contributed by atoms with Gasteiger partial charge >= 0.3 is 5.97 Å². The zero-order chi connectivity index (χ0) is 14.7. The largest absolute Gasteiger partial charge is 0.480 e. The summed E-state index contributed by atoms with van der Waals surface area (Å²) in [5.41, 5.74) is 7.17. The second-order valence-electron chi connectivity index (χ2n) is 4.43. The molecule has 0 spiro atoms. The maximum absolute atomic E-state index is 13.2. The van der Waals surface area contributed by atoms with Crippen LogP contribution in [0, 0.1) is 5.82 Å². The molecule has 20 heavy (non-hydrogen) atoms. The normalized spacial score (nSPS) is 12.3. The summed E-state index contributed by atoms with van der Waals surface area (Å²) in [5.74, 6) is -2.07. The van der Waals surface area contributed by atoms with Gasteiger partial charge in [0.25, 0.3) is 0 Å². The van der Waals surface area contributed by atoms with E-state index in [1.165, 1.54) is 12.1 Å². The summed E-state index contributed by atoms with van der Waals surface area (Å²) < 4.78 is 13.2. The lowest BCUT2D eigenvalue weighted by atomic mass is 10.0. The van der Waals surface area contributed by atoms with E-state index in [1.807, 2.05) is 0 Å². The lowest BCUT2D eigenvalue weighted by Gasteiger charge is -2.10. The van der Waals surface area contributed by atoms with Crippen molar-refractivity contribution in [2.75, 3.05) is 6.54 Å². The van der Waals surface area contributed by atoms with E-state index in [0.717, 1.165) is 5.52 Å². The first kappa shape index (κ1) is 14.0. The summed E-state index contributed by atoms with van der Waals surface area (Å²) in [6, 6.07) is 3.41. The van der Waals surface area contributed by atoms with Gasteiger partial charge in [-0.15, -0.1) is 0 Å². The smallest absolute Gasteiger partial charge is 0.322 e. The van der Waals surface area contributed by atoms with Crippen LogP contribution in [0.15, 0.2) is 24.4 Å². The average molecular weight is 279 g/mol. The fourth-order valence-electron chi connectivity index (χ4n) is 1.94. The molecule has 7 heteroatoms. The summed E-state index contributed by atoms with van der Waals surface area (Å²) in [5, 5.41) is 11.3. The second-order valence-corrected chi connectivity index (χ2v) is 4.43. The number of hydrogen-bond acceptors (Lipinski definition) is 3. The summed E-state index contributed by atoms with van der Waals surface area (Å²) in [4.78, 5) is 24.9. The topological polar surface area (TPSA) is 108 Å². The number of carboxylic acids is 1. The Kier molecular flexibility index (Phi) is 3.99. The predicted octanol–water partition coefficient (Wildman–Crippen LogP) is 0.378. The van der Waals surface area contributed by atoms with E-state index in [0.29, 0.717) is 10.9 Å². The number of hydrogen-bond donors (Lipinski definition) is 4. The maximum Gasteiger partial charge on any atom is 0.322 e. The third-order valence-electron chi connectivity index (χ3n) is 2.92. The summed E-state index contributed by atoms with van der Waals surface area (Å²) in [7, 11) is 0. The van der Waals surface area contributed by atoms with Crippen LogP contribution in [0.4, 0.5) is 4.39 Å². The molecule has 0 saturated heterocycles. The van der Waals surface area contributed by atoms with Gasteiger partial charge in [-0.1, -0.05) is 0 Å². The quantitative estimate of drug-likeness (QED) is 0.634. The molecule has 6 nitrogen and oxygen atoms in total. The number of nitrogens with one attached hydrogen (secondary N) is 2. The van der Waals surface area contributed by atoms with Gasteiger partial charge in [0.1, 0.15) is 12.4 Å². The summed E-state index contributed by atoms with van der Waals surface area (Å²) >= 11 is 0. The van der Waals surface area contributed by atoms with Gasteiger partial charge in [-0.2, -0.15) is 0 Å². The molecule has 0 radical (unpaired) electrons. The molecule has 0 fully saturated rings. The SMILES string of the molecule is N[C@@H](Cc1c[nH]c2ccc(F)cc12)C(=O)NCC(=O)O. The Morgan fingerprint density at radius 3 is 2.90 bits per heavy atom. The number of aromatic amines is 1. The fraction of sp³-hybridized carbons (Fsp3) is 0.231. The zero-order valence-electron chi connectivity index (χ0n) is 10.5. The third-order valence-corrected chi connectivity index (χ3v) is 2.92. The minimum absolute atomic E-state index is 0.189. The second kappa shape index (κ2) is 5.70. The van der Waals surface area contributed by atoms with Crippen molar-refractivity contribution in [1.29, 1.82) is 0 Å². The number of carboxylic acid groups (broad SMARTS) is 1. The van der Waals surface area contributed by atoms with Gasteiger partial charge in [-0.05, 0) is 30.2 Å². The Morgan fingerprint density at radius 2 is 2.20 bits per heavy atom. The molecule has 1 aromatic carbocycles. The number of fused-ring (bicyclic) bond motifs is 1. The highest BCUT2D eigenvalue weighted by molar-refractivity contribution is 5.87. The van der Waals surface area contributed by atoms with Gasteiger partial charge in [-0.3, -0.25) is 9.59 Å². The average Bonchev–Trinajstić information content (AvgIpc) is 2.78. The van der Waals surface area contributed by atoms with Crippen LogP contribution in [-0.4, -0.2) is 34.6 Å². The standard InChI is InChI=1S/C13H14FN3O3/c14-8-1-2-11-9(4-8)7(5-16-11)3-10(15)13(20)17-6-12(18)19/h1-2,4-5,10,16H,3,6,15H2,(H,17,20)(H,18,19)/t10-/m0/s1. The monoisotopic (exact) mass is 279 g/mol. The molecule has 0 aliphatic heterocycles. The predicted molar refractivity (Wildman–Crippen MR) is 70.6 cm³/mol. The maximum atomic E-state index is 13.2. The van der Waals surface area contributed by atoms with Crippen LogP contribution in [-0.2, 0) is 16.0 Å². The number of rotatable bonds is 5. The first-order chi connectivity index (χ1) is 9.47. The first-order valence-electron chi connectivity index (χ1n) is 5.98. The highest BCUT2D eigenvalue weighted by atomic mass is 19.1. The van der Waals surface area contributed by atoms with E-state index >= 15 is 0 Å². The van der Waals surface area contributed by atoms with Gasteiger partial charge in [0.05, 0.1) is 6.04 Å². The molecule has 1 heterocycles. The number of H-pyrrole nitrogens is 1. The summed E-state index contributed by atoms with van der Waals surface area (Å²) in [6.07, 6.45) is 1.85. The highest BCUT2D eigenvalue weighted by Crippen LogP contribution is 2.20. The van der Waals surface area contributed by atoms with Crippen molar-refractivity contribution in [3.8, 4) is 0 Å². The van der Waals surface area contributed by atoms with Gasteiger partial charge in [-0.25, -0.2) is 4.39 Å². The molecule has 106 valence electrons. The van der Waals surface area contributed by atoms with Gasteiger partial charge in [0.2, 0.25) is 5.91 Å². The molecular weight excluding hydrogens is 265 g/mol.